The lowest BCUT2D eigenvalue weighted by molar-refractivity contribution is 0.314. The summed E-state index contributed by atoms with van der Waals surface area (Å²) in [5.41, 5.74) is 0. The van der Waals surface area contributed by atoms with Crippen molar-refractivity contribution in [1.29, 1.82) is 0 Å². The van der Waals surface area contributed by atoms with E-state index in [0.29, 0.717) is 17.3 Å². The van der Waals surface area contributed by atoms with E-state index in [9.17, 15) is 8.42 Å². The van der Waals surface area contributed by atoms with Crippen LogP contribution < -0.4 is 0 Å². The first-order chi connectivity index (χ1) is 9.96. The first-order valence-electron chi connectivity index (χ1n) is 6.92. The van der Waals surface area contributed by atoms with Gasteiger partial charge < -0.3 is 0 Å². The maximum atomic E-state index is 12.5. The third-order valence-corrected chi connectivity index (χ3v) is 7.11. The smallest absolute Gasteiger partial charge is 0.252 e. The summed E-state index contributed by atoms with van der Waals surface area (Å²) in [7, 11) is -3.34. The van der Waals surface area contributed by atoms with Crippen molar-refractivity contribution in [2.45, 2.75) is 36.8 Å². The number of piperidine rings is 1. The van der Waals surface area contributed by atoms with E-state index in [1.807, 2.05) is 19.9 Å². The van der Waals surface area contributed by atoms with Crippen molar-refractivity contribution in [1.82, 2.24) is 19.5 Å². The second kappa shape index (κ2) is 5.51. The quantitative estimate of drug-likeness (QED) is 0.936. The van der Waals surface area contributed by atoms with Crippen LogP contribution in [0.25, 0.3) is 0 Å². The SMILES string of the molecule is Cc1nc(C2CCN(S(=O)(=O)c3ccc(C)s3)CC2)n[nH]1. The number of hydrogen-bond donors (Lipinski definition) is 1. The Morgan fingerprint density at radius 3 is 2.52 bits per heavy atom. The van der Waals surface area contributed by atoms with E-state index in [2.05, 4.69) is 15.2 Å². The molecule has 2 aromatic heterocycles. The van der Waals surface area contributed by atoms with Crippen molar-refractivity contribution in [2.75, 3.05) is 13.1 Å². The molecular weight excluding hydrogens is 308 g/mol. The molecule has 0 bridgehead atoms. The predicted molar refractivity (Wildman–Crippen MR) is 80.9 cm³/mol. The molecule has 1 aliphatic heterocycles. The van der Waals surface area contributed by atoms with Gasteiger partial charge in [0.2, 0.25) is 0 Å². The number of H-pyrrole nitrogens is 1. The van der Waals surface area contributed by atoms with Crippen LogP contribution in [-0.4, -0.2) is 41.0 Å². The predicted octanol–water partition coefficient (Wildman–Crippen LogP) is 2.05. The van der Waals surface area contributed by atoms with Gasteiger partial charge in [0.1, 0.15) is 10.0 Å². The first kappa shape index (κ1) is 14.7. The standard InChI is InChI=1S/C13H18N4O2S2/c1-9-3-4-12(20-9)21(18,19)17-7-5-11(6-8-17)13-14-10(2)15-16-13/h3-4,11H,5-8H2,1-2H3,(H,14,15,16). The van der Waals surface area contributed by atoms with Crippen LogP contribution in [0, 0.1) is 13.8 Å². The molecule has 0 aliphatic carbocycles. The van der Waals surface area contributed by atoms with Gasteiger partial charge in [0.25, 0.3) is 10.0 Å². The third kappa shape index (κ3) is 2.88. The van der Waals surface area contributed by atoms with E-state index in [1.54, 1.807) is 10.4 Å². The van der Waals surface area contributed by atoms with E-state index in [0.717, 1.165) is 29.4 Å². The molecule has 1 saturated heterocycles. The molecule has 0 unspecified atom stereocenters. The van der Waals surface area contributed by atoms with Crippen molar-refractivity contribution < 1.29 is 8.42 Å². The highest BCUT2D eigenvalue weighted by molar-refractivity contribution is 7.91. The van der Waals surface area contributed by atoms with Crippen LogP contribution in [0.1, 0.15) is 35.3 Å². The fraction of sp³-hybridized carbons (Fsp3) is 0.538. The average molecular weight is 326 g/mol. The Labute approximate surface area is 128 Å². The molecule has 21 heavy (non-hydrogen) atoms. The molecule has 8 heteroatoms. The van der Waals surface area contributed by atoms with Gasteiger partial charge in [-0.15, -0.1) is 11.3 Å². The van der Waals surface area contributed by atoms with Crippen LogP contribution in [0.2, 0.25) is 0 Å². The largest absolute Gasteiger partial charge is 0.263 e. The maximum absolute atomic E-state index is 12.5. The molecule has 0 radical (unpaired) electrons. The van der Waals surface area contributed by atoms with Crippen LogP contribution in [0.15, 0.2) is 16.3 Å². The normalized spacial score (nSPS) is 18.2. The van der Waals surface area contributed by atoms with Crippen LogP contribution in [0.4, 0.5) is 0 Å². The molecule has 2 aromatic rings. The molecule has 3 rings (SSSR count). The van der Waals surface area contributed by atoms with Crippen molar-refractivity contribution in [3.63, 3.8) is 0 Å². The van der Waals surface area contributed by atoms with E-state index >= 15 is 0 Å². The van der Waals surface area contributed by atoms with Crippen LogP contribution in [0.5, 0.6) is 0 Å². The number of thiophene rings is 1. The molecule has 1 fully saturated rings. The molecule has 114 valence electrons. The van der Waals surface area contributed by atoms with E-state index in [4.69, 9.17) is 0 Å². The molecule has 1 N–H and O–H groups in total. The zero-order valence-corrected chi connectivity index (χ0v) is 13.7. The van der Waals surface area contributed by atoms with Crippen molar-refractivity contribution in [3.8, 4) is 0 Å². The van der Waals surface area contributed by atoms with Gasteiger partial charge in [-0.3, -0.25) is 5.10 Å². The second-order valence-electron chi connectivity index (χ2n) is 5.32. The Kier molecular flexibility index (Phi) is 3.85. The zero-order chi connectivity index (χ0) is 15.0. The van der Waals surface area contributed by atoms with Gasteiger partial charge in [-0.25, -0.2) is 13.4 Å². The Balaban J connectivity index is 1.71. The number of sulfonamides is 1. The van der Waals surface area contributed by atoms with Gasteiger partial charge in [0.05, 0.1) is 0 Å². The highest BCUT2D eigenvalue weighted by Crippen LogP contribution is 2.31. The molecule has 6 nitrogen and oxygen atoms in total. The number of hydrogen-bond acceptors (Lipinski definition) is 5. The van der Waals surface area contributed by atoms with Crippen molar-refractivity contribution in [3.05, 3.63) is 28.7 Å². The van der Waals surface area contributed by atoms with Gasteiger partial charge in [0, 0.05) is 23.9 Å². The number of rotatable bonds is 3. The topological polar surface area (TPSA) is 79.0 Å². The number of aromatic nitrogens is 3. The van der Waals surface area contributed by atoms with Crippen LogP contribution >= 0.6 is 11.3 Å². The number of aryl methyl sites for hydroxylation is 2. The highest BCUT2D eigenvalue weighted by atomic mass is 32.2. The Hall–Kier alpha value is -1.25. The van der Waals surface area contributed by atoms with Gasteiger partial charge in [-0.2, -0.15) is 9.40 Å². The molecular formula is C13H18N4O2S2. The lowest BCUT2D eigenvalue weighted by Crippen LogP contribution is -2.37. The number of nitrogens with zero attached hydrogens (tertiary/aromatic N) is 3. The number of nitrogens with one attached hydrogen (secondary N) is 1. The Morgan fingerprint density at radius 1 is 1.29 bits per heavy atom. The third-order valence-electron chi connectivity index (χ3n) is 3.74. The number of aromatic amines is 1. The Morgan fingerprint density at radius 2 is 2.00 bits per heavy atom. The molecule has 0 atom stereocenters. The molecule has 0 spiro atoms. The minimum Gasteiger partial charge on any atom is -0.263 e. The summed E-state index contributed by atoms with van der Waals surface area (Å²) in [6, 6.07) is 3.54. The first-order valence-corrected chi connectivity index (χ1v) is 9.18. The zero-order valence-electron chi connectivity index (χ0n) is 12.0. The Bertz CT molecular complexity index is 727. The molecule has 3 heterocycles. The van der Waals surface area contributed by atoms with Crippen molar-refractivity contribution >= 4 is 21.4 Å². The monoisotopic (exact) mass is 326 g/mol. The summed E-state index contributed by atoms with van der Waals surface area (Å²) in [5.74, 6) is 1.84. The van der Waals surface area contributed by atoms with E-state index in [1.165, 1.54) is 11.3 Å². The summed E-state index contributed by atoms with van der Waals surface area (Å²) >= 11 is 1.33. The van der Waals surface area contributed by atoms with Gasteiger partial charge in [-0.05, 0) is 38.8 Å². The van der Waals surface area contributed by atoms with Crippen LogP contribution in [-0.2, 0) is 10.0 Å². The van der Waals surface area contributed by atoms with Gasteiger partial charge in [-0.1, -0.05) is 0 Å². The average Bonchev–Trinajstić information content (AvgIpc) is 3.08. The van der Waals surface area contributed by atoms with Gasteiger partial charge >= 0.3 is 0 Å². The molecule has 1 aliphatic rings. The molecule has 0 aromatic carbocycles. The molecule has 0 amide bonds. The summed E-state index contributed by atoms with van der Waals surface area (Å²) in [4.78, 5) is 5.36. The minimum absolute atomic E-state index is 0.242. The highest BCUT2D eigenvalue weighted by Gasteiger charge is 2.31. The summed E-state index contributed by atoms with van der Waals surface area (Å²) in [5, 5.41) is 7.03. The lowest BCUT2D eigenvalue weighted by Gasteiger charge is -2.29. The summed E-state index contributed by atoms with van der Waals surface area (Å²) < 4.78 is 27.1. The maximum Gasteiger partial charge on any atom is 0.252 e. The van der Waals surface area contributed by atoms with Crippen LogP contribution in [0.3, 0.4) is 0 Å². The summed E-state index contributed by atoms with van der Waals surface area (Å²) in [6.07, 6.45) is 1.53. The molecule has 0 saturated carbocycles. The van der Waals surface area contributed by atoms with E-state index in [-0.39, 0.29) is 5.92 Å². The van der Waals surface area contributed by atoms with E-state index < -0.39 is 10.0 Å². The second-order valence-corrected chi connectivity index (χ2v) is 8.78. The van der Waals surface area contributed by atoms with Gasteiger partial charge in [0.15, 0.2) is 5.82 Å². The lowest BCUT2D eigenvalue weighted by atomic mass is 9.98. The fourth-order valence-corrected chi connectivity index (χ4v) is 5.48. The summed E-state index contributed by atoms with van der Waals surface area (Å²) in [6.45, 7) is 4.84. The fourth-order valence-electron chi connectivity index (χ4n) is 2.57. The van der Waals surface area contributed by atoms with Crippen molar-refractivity contribution in [2.24, 2.45) is 0 Å². The minimum atomic E-state index is -3.34.